The largest absolute Gasteiger partial charge is 0.492 e. The van der Waals surface area contributed by atoms with Crippen LogP contribution < -0.4 is 10.5 Å². The Balaban J connectivity index is 2.69. The van der Waals surface area contributed by atoms with E-state index in [0.29, 0.717) is 23.8 Å². The predicted molar refractivity (Wildman–Crippen MR) is 55.6 cm³/mol. The number of rotatable bonds is 4. The van der Waals surface area contributed by atoms with Gasteiger partial charge in [0.2, 0.25) is 0 Å². The average molecular weight is 193 g/mol. The molecule has 0 aromatic carbocycles. The van der Waals surface area contributed by atoms with E-state index < -0.39 is 0 Å². The van der Waals surface area contributed by atoms with Gasteiger partial charge in [-0.05, 0) is 12.0 Å². The van der Waals surface area contributed by atoms with Crippen LogP contribution >= 0.6 is 0 Å². The lowest BCUT2D eigenvalue weighted by Gasteiger charge is -2.08. The third kappa shape index (κ3) is 3.05. The topological polar surface area (TPSA) is 72.0 Å². The van der Waals surface area contributed by atoms with Crippen LogP contribution in [-0.4, -0.2) is 17.4 Å². The highest BCUT2D eigenvalue weighted by Crippen LogP contribution is 2.11. The van der Waals surface area contributed by atoms with Gasteiger partial charge in [0, 0.05) is 11.8 Å². The van der Waals surface area contributed by atoms with Gasteiger partial charge in [0.15, 0.2) is 0 Å². The van der Waals surface area contributed by atoms with E-state index in [-0.39, 0.29) is 5.84 Å². The van der Waals surface area contributed by atoms with Crippen molar-refractivity contribution in [2.24, 2.45) is 11.7 Å². The maximum Gasteiger partial charge on any atom is 0.138 e. The standard InChI is InChI=1S/C10H15N3O/c1-7(2)6-14-9-3-8(10(11)12)4-13-5-9/h3-5,7H,6H2,1-2H3,(H3,11,12). The molecule has 1 aromatic heterocycles. The van der Waals surface area contributed by atoms with Crippen molar-refractivity contribution < 1.29 is 4.74 Å². The number of pyridine rings is 1. The summed E-state index contributed by atoms with van der Waals surface area (Å²) in [4.78, 5) is 3.94. The number of hydrogen-bond acceptors (Lipinski definition) is 3. The van der Waals surface area contributed by atoms with Gasteiger partial charge in [0.1, 0.15) is 11.6 Å². The molecule has 0 saturated heterocycles. The molecule has 1 heterocycles. The van der Waals surface area contributed by atoms with Crippen LogP contribution in [0.15, 0.2) is 18.5 Å². The number of nitrogens with zero attached hydrogens (tertiary/aromatic N) is 1. The number of amidine groups is 1. The van der Waals surface area contributed by atoms with Crippen LogP contribution in [0.4, 0.5) is 0 Å². The van der Waals surface area contributed by atoms with Crippen molar-refractivity contribution in [3.05, 3.63) is 24.0 Å². The molecule has 0 bridgehead atoms. The molecule has 4 heteroatoms. The molecule has 0 unspecified atom stereocenters. The summed E-state index contributed by atoms with van der Waals surface area (Å²) >= 11 is 0. The summed E-state index contributed by atoms with van der Waals surface area (Å²) in [5.41, 5.74) is 5.92. The highest BCUT2D eigenvalue weighted by Gasteiger charge is 2.01. The lowest BCUT2D eigenvalue weighted by Crippen LogP contribution is -2.12. The summed E-state index contributed by atoms with van der Waals surface area (Å²) < 4.78 is 5.44. The van der Waals surface area contributed by atoms with Crippen LogP contribution in [0, 0.1) is 11.3 Å². The maximum atomic E-state index is 7.23. The Morgan fingerprint density at radius 3 is 2.86 bits per heavy atom. The summed E-state index contributed by atoms with van der Waals surface area (Å²) in [7, 11) is 0. The molecule has 0 spiro atoms. The number of hydrogen-bond donors (Lipinski definition) is 2. The molecule has 0 fully saturated rings. The number of nitrogen functional groups attached to an aromatic ring is 1. The summed E-state index contributed by atoms with van der Waals surface area (Å²) in [6.45, 7) is 4.79. The second-order valence-corrected chi connectivity index (χ2v) is 3.53. The van der Waals surface area contributed by atoms with E-state index in [9.17, 15) is 0 Å². The molecule has 3 N–H and O–H groups in total. The first-order valence-corrected chi connectivity index (χ1v) is 4.52. The molecule has 76 valence electrons. The smallest absolute Gasteiger partial charge is 0.138 e. The third-order valence-electron chi connectivity index (χ3n) is 1.61. The van der Waals surface area contributed by atoms with Crippen molar-refractivity contribution >= 4 is 5.84 Å². The van der Waals surface area contributed by atoms with Gasteiger partial charge in [0.05, 0.1) is 12.8 Å². The molecule has 0 aliphatic rings. The minimum atomic E-state index is 0.00694. The Labute approximate surface area is 83.6 Å². The first kappa shape index (κ1) is 10.5. The van der Waals surface area contributed by atoms with E-state index in [1.807, 2.05) is 0 Å². The van der Waals surface area contributed by atoms with Crippen molar-refractivity contribution in [3.8, 4) is 5.75 Å². The highest BCUT2D eigenvalue weighted by atomic mass is 16.5. The zero-order chi connectivity index (χ0) is 10.6. The fraction of sp³-hybridized carbons (Fsp3) is 0.400. The van der Waals surface area contributed by atoms with Gasteiger partial charge >= 0.3 is 0 Å². The number of nitrogens with two attached hydrogens (primary N) is 1. The molecule has 0 saturated carbocycles. The zero-order valence-corrected chi connectivity index (χ0v) is 8.45. The second kappa shape index (κ2) is 4.60. The van der Waals surface area contributed by atoms with Crippen LogP contribution in [-0.2, 0) is 0 Å². The highest BCUT2D eigenvalue weighted by molar-refractivity contribution is 5.94. The SMILES string of the molecule is CC(C)COc1cncc(C(=N)N)c1. The van der Waals surface area contributed by atoms with Crippen LogP contribution in [0.2, 0.25) is 0 Å². The van der Waals surface area contributed by atoms with Gasteiger partial charge in [-0.2, -0.15) is 0 Å². The first-order valence-electron chi connectivity index (χ1n) is 4.52. The van der Waals surface area contributed by atoms with Gasteiger partial charge in [-0.3, -0.25) is 10.4 Å². The van der Waals surface area contributed by atoms with Crippen LogP contribution in [0.1, 0.15) is 19.4 Å². The molecule has 0 radical (unpaired) electrons. The Morgan fingerprint density at radius 2 is 2.29 bits per heavy atom. The maximum absolute atomic E-state index is 7.23. The molecule has 4 nitrogen and oxygen atoms in total. The molecule has 0 amide bonds. The first-order chi connectivity index (χ1) is 6.59. The van der Waals surface area contributed by atoms with E-state index in [0.717, 1.165) is 0 Å². The Morgan fingerprint density at radius 1 is 1.57 bits per heavy atom. The molecule has 0 aliphatic carbocycles. The van der Waals surface area contributed by atoms with E-state index >= 15 is 0 Å². The van der Waals surface area contributed by atoms with E-state index in [2.05, 4.69) is 18.8 Å². The summed E-state index contributed by atoms with van der Waals surface area (Å²) in [6, 6.07) is 1.72. The van der Waals surface area contributed by atoms with Crippen molar-refractivity contribution in [1.29, 1.82) is 5.41 Å². The Bertz CT molecular complexity index is 323. The summed E-state index contributed by atoms with van der Waals surface area (Å²) in [5, 5.41) is 7.23. The quantitative estimate of drug-likeness (QED) is 0.560. The molecule has 14 heavy (non-hydrogen) atoms. The van der Waals surface area contributed by atoms with Crippen molar-refractivity contribution in [2.75, 3.05) is 6.61 Å². The van der Waals surface area contributed by atoms with Gasteiger partial charge < -0.3 is 10.5 Å². The number of ether oxygens (including phenoxy) is 1. The summed E-state index contributed by atoms with van der Waals surface area (Å²) in [5.74, 6) is 1.13. The molecule has 0 atom stereocenters. The van der Waals surface area contributed by atoms with Crippen LogP contribution in [0.25, 0.3) is 0 Å². The Kier molecular flexibility index (Phi) is 3.45. The fourth-order valence-corrected chi connectivity index (χ4v) is 0.908. The van der Waals surface area contributed by atoms with Gasteiger partial charge in [-0.1, -0.05) is 13.8 Å². The minimum Gasteiger partial charge on any atom is -0.492 e. The van der Waals surface area contributed by atoms with E-state index in [4.69, 9.17) is 15.9 Å². The number of nitrogens with one attached hydrogen (secondary N) is 1. The average Bonchev–Trinajstić information content (AvgIpc) is 2.15. The van der Waals surface area contributed by atoms with E-state index in [1.165, 1.54) is 0 Å². The third-order valence-corrected chi connectivity index (χ3v) is 1.61. The Hall–Kier alpha value is -1.58. The normalized spacial score (nSPS) is 10.2. The van der Waals surface area contributed by atoms with Gasteiger partial charge in [0.25, 0.3) is 0 Å². The molecule has 0 aliphatic heterocycles. The van der Waals surface area contributed by atoms with Crippen LogP contribution in [0.5, 0.6) is 5.75 Å². The van der Waals surface area contributed by atoms with Crippen molar-refractivity contribution in [2.45, 2.75) is 13.8 Å². The molecular weight excluding hydrogens is 178 g/mol. The predicted octanol–water partition coefficient (Wildman–Crippen LogP) is 1.40. The minimum absolute atomic E-state index is 0.00694. The van der Waals surface area contributed by atoms with Gasteiger partial charge in [-0.25, -0.2) is 0 Å². The lowest BCUT2D eigenvalue weighted by atomic mass is 10.2. The molecular formula is C10H15N3O. The molecule has 1 rings (SSSR count). The molecule has 1 aromatic rings. The van der Waals surface area contributed by atoms with Crippen LogP contribution in [0.3, 0.4) is 0 Å². The lowest BCUT2D eigenvalue weighted by molar-refractivity contribution is 0.270. The monoisotopic (exact) mass is 193 g/mol. The van der Waals surface area contributed by atoms with E-state index in [1.54, 1.807) is 18.5 Å². The number of aromatic nitrogens is 1. The van der Waals surface area contributed by atoms with Crippen molar-refractivity contribution in [3.63, 3.8) is 0 Å². The summed E-state index contributed by atoms with van der Waals surface area (Å²) in [6.07, 6.45) is 3.17. The van der Waals surface area contributed by atoms with Crippen molar-refractivity contribution in [1.82, 2.24) is 4.98 Å². The zero-order valence-electron chi connectivity index (χ0n) is 8.45. The fourth-order valence-electron chi connectivity index (χ4n) is 0.908. The van der Waals surface area contributed by atoms with Gasteiger partial charge in [-0.15, -0.1) is 0 Å². The second-order valence-electron chi connectivity index (χ2n) is 3.53.